The molecule has 0 fully saturated rings. The van der Waals surface area contributed by atoms with Crippen molar-refractivity contribution in [2.75, 3.05) is 18.5 Å². The summed E-state index contributed by atoms with van der Waals surface area (Å²) in [5.74, 6) is -1.14. The van der Waals surface area contributed by atoms with Crippen LogP contribution >= 0.6 is 0 Å². The molecular weight excluding hydrogens is 214 g/mol. The first-order valence-electron chi connectivity index (χ1n) is 4.52. The first-order valence-corrected chi connectivity index (χ1v) is 4.52. The molecule has 0 unspecified atom stereocenters. The summed E-state index contributed by atoms with van der Waals surface area (Å²) in [5, 5.41) is 19.5. The quantitative estimate of drug-likeness (QED) is 0.708. The van der Waals surface area contributed by atoms with E-state index in [9.17, 15) is 9.59 Å². The van der Waals surface area contributed by atoms with Crippen molar-refractivity contribution in [3.05, 3.63) is 29.8 Å². The molecule has 1 aromatic carbocycles. The number of aromatic carboxylic acids is 1. The number of anilines is 1. The summed E-state index contributed by atoms with van der Waals surface area (Å²) in [5.41, 5.74) is 0.126. The van der Waals surface area contributed by atoms with Gasteiger partial charge in [0.1, 0.15) is 6.61 Å². The maximum absolute atomic E-state index is 11.1. The lowest BCUT2D eigenvalue weighted by atomic mass is 10.2. The van der Waals surface area contributed by atoms with Crippen molar-refractivity contribution < 1.29 is 24.5 Å². The number of aliphatic hydroxyl groups is 1. The standard InChI is InChI=1S/C10H11NO5/c12-5-6-16-10(15)11-8-4-2-1-3-7(8)9(13)14/h1-4,12H,5-6H2,(H,11,15)(H,13,14). The van der Waals surface area contributed by atoms with Gasteiger partial charge in [-0.3, -0.25) is 5.32 Å². The second kappa shape index (κ2) is 5.72. The lowest BCUT2D eigenvalue weighted by molar-refractivity contribution is 0.0698. The Balaban J connectivity index is 2.73. The number of nitrogens with one attached hydrogen (secondary N) is 1. The molecule has 1 rings (SSSR count). The van der Waals surface area contributed by atoms with Crippen molar-refractivity contribution in [1.82, 2.24) is 0 Å². The summed E-state index contributed by atoms with van der Waals surface area (Å²) in [6.07, 6.45) is -0.803. The molecule has 1 aromatic rings. The van der Waals surface area contributed by atoms with Crippen LogP contribution in [0.4, 0.5) is 10.5 Å². The lowest BCUT2D eigenvalue weighted by Crippen LogP contribution is -2.17. The minimum Gasteiger partial charge on any atom is -0.478 e. The predicted molar refractivity (Wildman–Crippen MR) is 55.5 cm³/mol. The maximum atomic E-state index is 11.1. The average Bonchev–Trinajstić information content (AvgIpc) is 2.27. The third-order valence-electron chi connectivity index (χ3n) is 1.72. The van der Waals surface area contributed by atoms with Gasteiger partial charge in [-0.25, -0.2) is 9.59 Å². The highest BCUT2D eigenvalue weighted by Gasteiger charge is 2.11. The number of para-hydroxylation sites is 1. The fourth-order valence-corrected chi connectivity index (χ4v) is 1.06. The first-order chi connectivity index (χ1) is 7.65. The molecule has 0 heterocycles. The molecule has 6 nitrogen and oxygen atoms in total. The van der Waals surface area contributed by atoms with Crippen LogP contribution in [0.15, 0.2) is 24.3 Å². The van der Waals surface area contributed by atoms with E-state index >= 15 is 0 Å². The summed E-state index contributed by atoms with van der Waals surface area (Å²) >= 11 is 0. The van der Waals surface area contributed by atoms with Crippen molar-refractivity contribution >= 4 is 17.7 Å². The SMILES string of the molecule is O=C(Nc1ccccc1C(=O)O)OCCO. The van der Waals surface area contributed by atoms with E-state index < -0.39 is 12.1 Å². The minimum atomic E-state index is -1.14. The summed E-state index contributed by atoms with van der Waals surface area (Å²) in [7, 11) is 0. The van der Waals surface area contributed by atoms with Gasteiger partial charge < -0.3 is 14.9 Å². The smallest absolute Gasteiger partial charge is 0.411 e. The molecule has 0 spiro atoms. The van der Waals surface area contributed by atoms with Gasteiger partial charge in [0.2, 0.25) is 0 Å². The molecule has 0 aromatic heterocycles. The molecule has 0 radical (unpaired) electrons. The molecule has 86 valence electrons. The van der Waals surface area contributed by atoms with E-state index in [1.807, 2.05) is 0 Å². The number of benzene rings is 1. The molecule has 0 saturated heterocycles. The number of carboxylic acids is 1. The van der Waals surface area contributed by atoms with Gasteiger partial charge in [-0.05, 0) is 12.1 Å². The monoisotopic (exact) mass is 225 g/mol. The van der Waals surface area contributed by atoms with Gasteiger partial charge in [0.25, 0.3) is 0 Å². The second-order valence-electron chi connectivity index (χ2n) is 2.84. The second-order valence-corrected chi connectivity index (χ2v) is 2.84. The Morgan fingerprint density at radius 2 is 2.00 bits per heavy atom. The van der Waals surface area contributed by atoms with Gasteiger partial charge in [0.05, 0.1) is 17.9 Å². The molecule has 16 heavy (non-hydrogen) atoms. The number of amides is 1. The van der Waals surface area contributed by atoms with Crippen LogP contribution in [0.5, 0.6) is 0 Å². The van der Waals surface area contributed by atoms with Gasteiger partial charge in [-0.1, -0.05) is 12.1 Å². The number of hydrogen-bond donors (Lipinski definition) is 3. The van der Waals surface area contributed by atoms with Crippen molar-refractivity contribution in [3.63, 3.8) is 0 Å². The van der Waals surface area contributed by atoms with Crippen LogP contribution in [0, 0.1) is 0 Å². The third kappa shape index (κ3) is 3.25. The van der Waals surface area contributed by atoms with Gasteiger partial charge in [-0.2, -0.15) is 0 Å². The maximum Gasteiger partial charge on any atom is 0.411 e. The topological polar surface area (TPSA) is 95.9 Å². The highest BCUT2D eigenvalue weighted by molar-refractivity contribution is 5.98. The Morgan fingerprint density at radius 3 is 2.62 bits per heavy atom. The van der Waals surface area contributed by atoms with Gasteiger partial charge in [0, 0.05) is 0 Å². The fourth-order valence-electron chi connectivity index (χ4n) is 1.06. The molecule has 1 amide bonds. The Bertz CT molecular complexity index is 391. The molecule has 0 aliphatic heterocycles. The van der Waals surface area contributed by atoms with E-state index in [1.54, 1.807) is 12.1 Å². The van der Waals surface area contributed by atoms with Gasteiger partial charge >= 0.3 is 12.1 Å². The van der Waals surface area contributed by atoms with Crippen LogP contribution in [0.25, 0.3) is 0 Å². The van der Waals surface area contributed by atoms with Crippen molar-refractivity contribution in [1.29, 1.82) is 0 Å². The van der Waals surface area contributed by atoms with Gasteiger partial charge in [-0.15, -0.1) is 0 Å². The first kappa shape index (κ1) is 12.0. The normalized spacial score (nSPS) is 9.56. The highest BCUT2D eigenvalue weighted by Crippen LogP contribution is 2.14. The van der Waals surface area contributed by atoms with E-state index in [-0.39, 0.29) is 24.5 Å². The molecule has 0 atom stereocenters. The zero-order valence-electron chi connectivity index (χ0n) is 8.34. The number of aliphatic hydroxyl groups excluding tert-OH is 1. The Kier molecular flexibility index (Phi) is 4.28. The molecule has 3 N–H and O–H groups in total. The minimum absolute atomic E-state index is 0.0246. The average molecular weight is 225 g/mol. The Hall–Kier alpha value is -2.08. The molecule has 0 saturated carbocycles. The number of hydrogen-bond acceptors (Lipinski definition) is 4. The predicted octanol–water partition coefficient (Wildman–Crippen LogP) is 0.926. The van der Waals surface area contributed by atoms with Gasteiger partial charge in [0.15, 0.2) is 0 Å². The number of carbonyl (C=O) groups excluding carboxylic acids is 1. The van der Waals surface area contributed by atoms with Crippen molar-refractivity contribution in [2.24, 2.45) is 0 Å². The largest absolute Gasteiger partial charge is 0.478 e. The lowest BCUT2D eigenvalue weighted by Gasteiger charge is -2.07. The Labute approximate surface area is 91.5 Å². The van der Waals surface area contributed by atoms with Crippen LogP contribution in [-0.4, -0.2) is 35.5 Å². The van der Waals surface area contributed by atoms with E-state index in [2.05, 4.69) is 10.1 Å². The summed E-state index contributed by atoms with van der Waals surface area (Å²) < 4.78 is 4.54. The molecule has 0 bridgehead atoms. The summed E-state index contributed by atoms with van der Waals surface area (Å²) in [6.45, 7) is -0.422. The molecular formula is C10H11NO5. The van der Waals surface area contributed by atoms with Crippen LogP contribution in [0.2, 0.25) is 0 Å². The van der Waals surface area contributed by atoms with Crippen LogP contribution in [-0.2, 0) is 4.74 Å². The van der Waals surface area contributed by atoms with E-state index in [1.165, 1.54) is 12.1 Å². The number of rotatable bonds is 4. The van der Waals surface area contributed by atoms with Crippen LogP contribution < -0.4 is 5.32 Å². The van der Waals surface area contributed by atoms with Crippen LogP contribution in [0.1, 0.15) is 10.4 Å². The molecule has 0 aliphatic rings. The summed E-state index contributed by atoms with van der Waals surface area (Å²) in [4.78, 5) is 21.9. The van der Waals surface area contributed by atoms with E-state index in [0.717, 1.165) is 0 Å². The zero-order valence-corrected chi connectivity index (χ0v) is 8.34. The number of carboxylic acid groups (broad SMARTS) is 1. The fraction of sp³-hybridized carbons (Fsp3) is 0.200. The number of carbonyl (C=O) groups is 2. The number of ether oxygens (including phenoxy) is 1. The zero-order chi connectivity index (χ0) is 12.0. The third-order valence-corrected chi connectivity index (χ3v) is 1.72. The molecule has 0 aliphatic carbocycles. The highest BCUT2D eigenvalue weighted by atomic mass is 16.6. The van der Waals surface area contributed by atoms with E-state index in [4.69, 9.17) is 10.2 Å². The van der Waals surface area contributed by atoms with Crippen LogP contribution in [0.3, 0.4) is 0 Å². The van der Waals surface area contributed by atoms with Crippen molar-refractivity contribution in [2.45, 2.75) is 0 Å². The van der Waals surface area contributed by atoms with Crippen molar-refractivity contribution in [3.8, 4) is 0 Å². The Morgan fingerprint density at radius 1 is 1.31 bits per heavy atom. The van der Waals surface area contributed by atoms with E-state index in [0.29, 0.717) is 0 Å². The molecule has 6 heteroatoms. The summed E-state index contributed by atoms with van der Waals surface area (Å²) in [6, 6.07) is 5.95.